The lowest BCUT2D eigenvalue weighted by molar-refractivity contribution is 1.24. The van der Waals surface area contributed by atoms with E-state index in [-0.39, 0.29) is 0 Å². The molecule has 3 aromatic heterocycles. The second kappa shape index (κ2) is 14.6. The van der Waals surface area contributed by atoms with E-state index >= 15 is 0 Å². The van der Waals surface area contributed by atoms with Crippen LogP contribution < -0.4 is 0 Å². The van der Waals surface area contributed by atoms with Crippen LogP contribution in [0.4, 0.5) is 0 Å². The van der Waals surface area contributed by atoms with Gasteiger partial charge in [-0.1, -0.05) is 90.0 Å². The molecule has 5 heterocycles. The zero-order valence-electron chi connectivity index (χ0n) is 35.6. The van der Waals surface area contributed by atoms with Gasteiger partial charge in [-0.2, -0.15) is 0 Å². The second-order valence-electron chi connectivity index (χ2n) is 16.6. The lowest BCUT2D eigenvalue weighted by Crippen LogP contribution is -1.97. The van der Waals surface area contributed by atoms with Crippen LogP contribution in [0, 0.1) is 62.3 Å². The predicted molar refractivity (Wildman–Crippen MR) is 253 cm³/mol. The molecule has 0 unspecified atom stereocenters. The molecule has 0 fully saturated rings. The first-order valence-electron chi connectivity index (χ1n) is 20.5. The van der Waals surface area contributed by atoms with Crippen molar-refractivity contribution in [3.63, 3.8) is 0 Å². The van der Waals surface area contributed by atoms with E-state index in [9.17, 15) is 0 Å². The summed E-state index contributed by atoms with van der Waals surface area (Å²) < 4.78 is 0. The number of rotatable bonds is 5. The van der Waals surface area contributed by atoms with E-state index in [0.29, 0.717) is 0 Å². The molecule has 4 nitrogen and oxygen atoms in total. The number of fused-ring (bicyclic) bond motifs is 8. The van der Waals surface area contributed by atoms with E-state index in [1.165, 1.54) is 66.8 Å². The number of benzene rings is 4. The maximum atomic E-state index is 5.59. The Morgan fingerprint density at radius 1 is 0.373 bits per heavy atom. The van der Waals surface area contributed by atoms with Gasteiger partial charge in [-0.25, -0.2) is 9.97 Å². The Hall–Kier alpha value is -6.78. The molecular formula is C55H50N4. The Kier molecular flexibility index (Phi) is 9.32. The molecule has 0 spiro atoms. The highest BCUT2D eigenvalue weighted by molar-refractivity contribution is 6.01. The average molecular weight is 767 g/mol. The van der Waals surface area contributed by atoms with Gasteiger partial charge in [-0.05, 0) is 172 Å². The lowest BCUT2D eigenvalue weighted by Gasteiger charge is -2.14. The van der Waals surface area contributed by atoms with Crippen LogP contribution in [0.1, 0.15) is 78.4 Å². The van der Waals surface area contributed by atoms with Crippen LogP contribution in [0.25, 0.3) is 97.0 Å². The molecule has 9 rings (SSSR count). The minimum absolute atomic E-state index is 0.902. The molecule has 4 aromatic carbocycles. The fourth-order valence-electron chi connectivity index (χ4n) is 9.81. The SMILES string of the molecule is C=Cc1ccc(-c2c3ccc([nH]3)c(-c3c(C)cc(C)cc3C)c3nc(c(-c4c(C)cc(C)cc4C)c4nc(c(-c5c(C)cc(C)cc5C)c5ccc2[nH]5)C=C4)C=C3)cc1. The topological polar surface area (TPSA) is 57.4 Å². The molecule has 0 radical (unpaired) electrons. The Morgan fingerprint density at radius 3 is 1.02 bits per heavy atom. The molecule has 59 heavy (non-hydrogen) atoms. The lowest BCUT2D eigenvalue weighted by atomic mass is 9.92. The highest BCUT2D eigenvalue weighted by Gasteiger charge is 2.23. The zero-order chi connectivity index (χ0) is 41.3. The molecule has 0 aliphatic carbocycles. The van der Waals surface area contributed by atoms with Crippen molar-refractivity contribution in [1.82, 2.24) is 19.9 Å². The van der Waals surface area contributed by atoms with Gasteiger partial charge in [-0.3, -0.25) is 0 Å². The van der Waals surface area contributed by atoms with Crippen LogP contribution in [0.5, 0.6) is 0 Å². The predicted octanol–water partition coefficient (Wildman–Crippen LogP) is 14.7. The molecule has 0 atom stereocenters. The monoisotopic (exact) mass is 766 g/mol. The first kappa shape index (κ1) is 37.8. The van der Waals surface area contributed by atoms with Crippen molar-refractivity contribution in [3.05, 3.63) is 170 Å². The van der Waals surface area contributed by atoms with Crippen LogP contribution in [-0.2, 0) is 0 Å². The fourth-order valence-corrected chi connectivity index (χ4v) is 9.81. The van der Waals surface area contributed by atoms with Gasteiger partial charge in [0.15, 0.2) is 0 Å². The molecule has 7 aromatic rings. The molecule has 0 saturated heterocycles. The third kappa shape index (κ3) is 6.59. The van der Waals surface area contributed by atoms with Gasteiger partial charge >= 0.3 is 0 Å². The third-order valence-corrected chi connectivity index (χ3v) is 12.0. The Labute approximate surface area is 347 Å². The summed E-state index contributed by atoms with van der Waals surface area (Å²) in [6, 6.07) is 31.2. The van der Waals surface area contributed by atoms with Crippen molar-refractivity contribution in [3.8, 4) is 44.5 Å². The Morgan fingerprint density at radius 2 is 0.678 bits per heavy atom. The van der Waals surface area contributed by atoms with Crippen molar-refractivity contribution in [1.29, 1.82) is 0 Å². The van der Waals surface area contributed by atoms with Gasteiger partial charge in [0.05, 0.1) is 22.8 Å². The van der Waals surface area contributed by atoms with Crippen molar-refractivity contribution < 1.29 is 0 Å². The van der Waals surface area contributed by atoms with E-state index in [4.69, 9.17) is 9.97 Å². The van der Waals surface area contributed by atoms with E-state index in [1.54, 1.807) is 0 Å². The van der Waals surface area contributed by atoms with Crippen molar-refractivity contribution in [2.75, 3.05) is 0 Å². The number of aromatic nitrogens is 4. The van der Waals surface area contributed by atoms with E-state index in [1.807, 2.05) is 6.08 Å². The maximum Gasteiger partial charge on any atom is 0.0738 e. The largest absolute Gasteiger partial charge is 0.354 e. The number of nitrogens with zero attached hydrogens (tertiary/aromatic N) is 2. The number of aromatic amines is 2. The number of hydrogen-bond donors (Lipinski definition) is 2. The van der Waals surface area contributed by atoms with Gasteiger partial charge in [0, 0.05) is 44.3 Å². The van der Waals surface area contributed by atoms with Crippen LogP contribution in [0.15, 0.2) is 91.5 Å². The molecule has 8 bridgehead atoms. The molecule has 2 N–H and O–H groups in total. The van der Waals surface area contributed by atoms with Crippen molar-refractivity contribution in [2.45, 2.75) is 62.3 Å². The number of nitrogens with one attached hydrogen (secondary N) is 2. The van der Waals surface area contributed by atoms with Gasteiger partial charge < -0.3 is 9.97 Å². The van der Waals surface area contributed by atoms with Gasteiger partial charge in [0.25, 0.3) is 0 Å². The third-order valence-electron chi connectivity index (χ3n) is 12.0. The highest BCUT2D eigenvalue weighted by atomic mass is 14.8. The minimum Gasteiger partial charge on any atom is -0.354 e. The summed E-state index contributed by atoms with van der Waals surface area (Å²) in [6.45, 7) is 23.8. The van der Waals surface area contributed by atoms with Crippen molar-refractivity contribution in [2.24, 2.45) is 0 Å². The first-order chi connectivity index (χ1) is 28.4. The quantitative estimate of drug-likeness (QED) is 0.183. The standard InChI is InChI=1S/C55H50N4/c1-11-39-12-14-40(15-13-39)52-41-16-18-43(56-41)53(49-33(5)24-30(2)25-34(49)6)45-20-22-47(58-45)55(51-37(9)28-32(4)29-38(51)10)48-23-21-46(59-48)54(44-19-17-42(52)57-44)50-35(7)26-31(3)27-36(50)8/h11-29,56-57H,1H2,2-10H3. The summed E-state index contributed by atoms with van der Waals surface area (Å²) in [5.41, 5.74) is 28.7. The summed E-state index contributed by atoms with van der Waals surface area (Å²) in [7, 11) is 0. The Bertz CT molecular complexity index is 2920. The second-order valence-corrected chi connectivity index (χ2v) is 16.6. The fraction of sp³-hybridized carbons (Fsp3) is 0.164. The summed E-state index contributed by atoms with van der Waals surface area (Å²) in [6.07, 6.45) is 10.6. The molecule has 0 amide bonds. The Balaban J connectivity index is 1.52. The summed E-state index contributed by atoms with van der Waals surface area (Å²) >= 11 is 0. The maximum absolute atomic E-state index is 5.59. The van der Waals surface area contributed by atoms with E-state index < -0.39 is 0 Å². The number of hydrogen-bond acceptors (Lipinski definition) is 2. The molecular weight excluding hydrogens is 717 g/mol. The summed E-state index contributed by atoms with van der Waals surface area (Å²) in [5.74, 6) is 0. The number of H-pyrrole nitrogens is 2. The molecule has 2 aliphatic rings. The van der Waals surface area contributed by atoms with Crippen LogP contribution in [-0.4, -0.2) is 19.9 Å². The number of aryl methyl sites for hydroxylation is 9. The van der Waals surface area contributed by atoms with Gasteiger partial charge in [0.1, 0.15) is 0 Å². The van der Waals surface area contributed by atoms with Gasteiger partial charge in [0.2, 0.25) is 0 Å². The van der Waals surface area contributed by atoms with Gasteiger partial charge in [-0.15, -0.1) is 0 Å². The summed E-state index contributed by atoms with van der Waals surface area (Å²) in [4.78, 5) is 19.1. The molecule has 290 valence electrons. The van der Waals surface area contributed by atoms with Crippen molar-refractivity contribution >= 4 is 52.4 Å². The average Bonchev–Trinajstić information content (AvgIpc) is 4.02. The van der Waals surface area contributed by atoms with Crippen LogP contribution in [0.3, 0.4) is 0 Å². The molecule has 4 heteroatoms. The molecule has 0 saturated carbocycles. The first-order valence-corrected chi connectivity index (χ1v) is 20.5. The normalized spacial score (nSPS) is 12.1. The highest BCUT2D eigenvalue weighted by Crippen LogP contribution is 2.42. The minimum atomic E-state index is 0.902. The molecule has 2 aliphatic heterocycles. The smallest absolute Gasteiger partial charge is 0.0738 e. The zero-order valence-corrected chi connectivity index (χ0v) is 35.6. The van der Waals surface area contributed by atoms with Crippen LogP contribution >= 0.6 is 0 Å². The van der Waals surface area contributed by atoms with E-state index in [0.717, 1.165) is 78.2 Å². The van der Waals surface area contributed by atoms with Crippen LogP contribution in [0.2, 0.25) is 0 Å². The van der Waals surface area contributed by atoms with E-state index in [2.05, 4.69) is 188 Å². The summed E-state index contributed by atoms with van der Waals surface area (Å²) in [5, 5.41) is 0.